The fourth-order valence-corrected chi connectivity index (χ4v) is 3.40. The molecule has 0 N–H and O–H groups in total. The van der Waals surface area contributed by atoms with E-state index in [0.717, 1.165) is 11.6 Å². The first-order valence-electron chi connectivity index (χ1n) is 6.92. The molecule has 0 bridgehead atoms. The van der Waals surface area contributed by atoms with Crippen LogP contribution in [0.4, 0.5) is 4.79 Å². The molecule has 0 atom stereocenters. The number of rotatable bonds is 5. The van der Waals surface area contributed by atoms with E-state index in [0.29, 0.717) is 18.8 Å². The summed E-state index contributed by atoms with van der Waals surface area (Å²) in [4.78, 5) is 13.7. The smallest absolute Gasteiger partial charge is 0.410 e. The van der Waals surface area contributed by atoms with Gasteiger partial charge < -0.3 is 9.64 Å². The van der Waals surface area contributed by atoms with E-state index in [-0.39, 0.29) is 6.09 Å². The molecular weight excluding hydrogens is 254 g/mol. The number of carbonyl (C=O) groups excluding carboxylic acids is 1. The number of carbonyl (C=O) groups is 1. The lowest BCUT2D eigenvalue weighted by molar-refractivity contribution is 0.157. The minimum atomic E-state index is -1.23. The molecule has 19 heavy (non-hydrogen) atoms. The number of benzene rings is 1. The molecule has 0 fully saturated rings. The first-order chi connectivity index (χ1) is 8.87. The molecule has 0 saturated heterocycles. The van der Waals surface area contributed by atoms with Gasteiger partial charge in [-0.3, -0.25) is 0 Å². The summed E-state index contributed by atoms with van der Waals surface area (Å²) >= 11 is 0. The summed E-state index contributed by atoms with van der Waals surface area (Å²) in [5.74, 6) is 0.710. The van der Waals surface area contributed by atoms with Gasteiger partial charge in [0.2, 0.25) is 0 Å². The van der Waals surface area contributed by atoms with Crippen molar-refractivity contribution < 1.29 is 9.53 Å². The van der Waals surface area contributed by atoms with E-state index in [1.165, 1.54) is 0 Å². The molecule has 0 unspecified atom stereocenters. The lowest BCUT2D eigenvalue weighted by atomic mass is 10.2. The zero-order valence-electron chi connectivity index (χ0n) is 12.7. The Morgan fingerprint density at radius 2 is 1.74 bits per heavy atom. The summed E-state index contributed by atoms with van der Waals surface area (Å²) in [6.07, 6.45) is -0.256. The van der Waals surface area contributed by atoms with Crippen molar-refractivity contribution in [2.45, 2.75) is 39.5 Å². The molecule has 0 aromatic heterocycles. The Morgan fingerprint density at radius 3 is 2.26 bits per heavy atom. The van der Waals surface area contributed by atoms with Crippen LogP contribution in [0.15, 0.2) is 24.3 Å². The Balaban J connectivity index is 2.86. The molecule has 1 rings (SSSR count). The predicted octanol–water partition coefficient (Wildman–Crippen LogP) is 3.95. The molecule has 1 aromatic carbocycles. The molecule has 1 amide bonds. The Morgan fingerprint density at radius 1 is 1.16 bits per heavy atom. The maximum atomic E-state index is 12.0. The summed E-state index contributed by atoms with van der Waals surface area (Å²) < 4.78 is 5.54. The second-order valence-electron chi connectivity index (χ2n) is 5.89. The van der Waals surface area contributed by atoms with E-state index < -0.39 is 8.07 Å². The highest BCUT2D eigenvalue weighted by molar-refractivity contribution is 6.75. The van der Waals surface area contributed by atoms with Crippen molar-refractivity contribution >= 4 is 14.2 Å². The van der Waals surface area contributed by atoms with Crippen molar-refractivity contribution in [2.75, 3.05) is 13.1 Å². The van der Waals surface area contributed by atoms with E-state index in [2.05, 4.69) is 25.7 Å². The van der Waals surface area contributed by atoms with Crippen LogP contribution in [0.3, 0.4) is 0 Å². The summed E-state index contributed by atoms with van der Waals surface area (Å²) in [6.45, 7) is 12.2. The fraction of sp³-hybridized carbons (Fsp3) is 0.533. The summed E-state index contributed by atoms with van der Waals surface area (Å²) in [7, 11) is -1.23. The van der Waals surface area contributed by atoms with Gasteiger partial charge in [-0.15, -0.1) is 0 Å². The molecule has 0 aliphatic rings. The maximum Gasteiger partial charge on any atom is 0.415 e. The molecule has 0 spiro atoms. The summed E-state index contributed by atoms with van der Waals surface area (Å²) in [5.41, 5.74) is 1.14. The van der Waals surface area contributed by atoms with Crippen LogP contribution in [0.1, 0.15) is 19.4 Å². The minimum Gasteiger partial charge on any atom is -0.410 e. The lowest BCUT2D eigenvalue weighted by Crippen LogP contribution is -2.33. The van der Waals surface area contributed by atoms with Gasteiger partial charge in [0.25, 0.3) is 0 Å². The van der Waals surface area contributed by atoms with Crippen molar-refractivity contribution in [3.63, 3.8) is 0 Å². The predicted molar refractivity (Wildman–Crippen MR) is 82.4 cm³/mol. The number of nitrogens with zero attached hydrogens (tertiary/aromatic N) is 1. The third kappa shape index (κ3) is 5.07. The second-order valence-corrected chi connectivity index (χ2v) is 11.4. The molecule has 106 valence electrons. The SMILES string of the molecule is CCN(CC)C(=O)Oc1ccccc1C[Si](C)(C)C. The second kappa shape index (κ2) is 6.75. The van der Waals surface area contributed by atoms with Crippen molar-refractivity contribution in [2.24, 2.45) is 0 Å². The fourth-order valence-electron chi connectivity index (χ4n) is 1.96. The van der Waals surface area contributed by atoms with Crippen molar-refractivity contribution in [1.82, 2.24) is 4.90 Å². The molecule has 0 aliphatic heterocycles. The Hall–Kier alpha value is -1.29. The van der Waals surface area contributed by atoms with Gasteiger partial charge in [-0.25, -0.2) is 4.79 Å². The first-order valence-corrected chi connectivity index (χ1v) is 10.6. The zero-order valence-corrected chi connectivity index (χ0v) is 13.7. The van der Waals surface area contributed by atoms with E-state index in [4.69, 9.17) is 4.74 Å². The van der Waals surface area contributed by atoms with Crippen LogP contribution in [0, 0.1) is 0 Å². The van der Waals surface area contributed by atoms with Crippen LogP contribution >= 0.6 is 0 Å². The van der Waals surface area contributed by atoms with E-state index in [9.17, 15) is 4.79 Å². The van der Waals surface area contributed by atoms with Crippen LogP contribution < -0.4 is 4.74 Å². The average Bonchev–Trinajstić information content (AvgIpc) is 2.31. The van der Waals surface area contributed by atoms with Crippen LogP contribution in [0.25, 0.3) is 0 Å². The van der Waals surface area contributed by atoms with E-state index in [1.54, 1.807) is 4.90 Å². The standard InChI is InChI=1S/C15H25NO2Si/c1-6-16(7-2)15(17)18-14-11-9-8-10-13(14)12-19(3,4)5/h8-11H,6-7,12H2,1-5H3. The van der Waals surface area contributed by atoms with Gasteiger partial charge in [-0.2, -0.15) is 0 Å². The average molecular weight is 279 g/mol. The molecule has 0 heterocycles. The Kier molecular flexibility index (Phi) is 5.60. The largest absolute Gasteiger partial charge is 0.415 e. The zero-order chi connectivity index (χ0) is 14.5. The number of para-hydroxylation sites is 1. The highest BCUT2D eigenvalue weighted by atomic mass is 28.3. The molecular formula is C15H25NO2Si. The van der Waals surface area contributed by atoms with Crippen LogP contribution in [-0.4, -0.2) is 32.2 Å². The van der Waals surface area contributed by atoms with Gasteiger partial charge >= 0.3 is 6.09 Å². The summed E-state index contributed by atoms with van der Waals surface area (Å²) in [6, 6.07) is 8.89. The van der Waals surface area contributed by atoms with Crippen LogP contribution in [0.2, 0.25) is 19.6 Å². The number of amides is 1. The van der Waals surface area contributed by atoms with Gasteiger partial charge in [0.05, 0.1) is 0 Å². The van der Waals surface area contributed by atoms with Gasteiger partial charge in [0, 0.05) is 21.2 Å². The Bertz CT molecular complexity index is 422. The van der Waals surface area contributed by atoms with Gasteiger partial charge in [0.15, 0.2) is 0 Å². The molecule has 0 saturated carbocycles. The van der Waals surface area contributed by atoms with Gasteiger partial charge in [-0.1, -0.05) is 37.8 Å². The normalized spacial score (nSPS) is 11.2. The molecule has 0 aliphatic carbocycles. The third-order valence-corrected chi connectivity index (χ3v) is 4.35. The highest BCUT2D eigenvalue weighted by Gasteiger charge is 2.19. The monoisotopic (exact) mass is 279 g/mol. The number of ether oxygens (including phenoxy) is 1. The quantitative estimate of drug-likeness (QED) is 0.764. The number of hydrogen-bond acceptors (Lipinski definition) is 2. The van der Waals surface area contributed by atoms with E-state index >= 15 is 0 Å². The van der Waals surface area contributed by atoms with Crippen LogP contribution in [0.5, 0.6) is 5.75 Å². The minimum absolute atomic E-state index is 0.256. The van der Waals surface area contributed by atoms with Crippen molar-refractivity contribution in [3.05, 3.63) is 29.8 Å². The summed E-state index contributed by atoms with van der Waals surface area (Å²) in [5, 5.41) is 0. The Labute approximate surface area is 117 Å². The third-order valence-electron chi connectivity index (χ3n) is 2.91. The first kappa shape index (κ1) is 15.8. The molecule has 1 aromatic rings. The maximum absolute atomic E-state index is 12.0. The van der Waals surface area contributed by atoms with Crippen molar-refractivity contribution in [3.8, 4) is 5.75 Å². The van der Waals surface area contributed by atoms with E-state index in [1.807, 2.05) is 32.0 Å². The van der Waals surface area contributed by atoms with Gasteiger partial charge in [-0.05, 0) is 31.5 Å². The van der Waals surface area contributed by atoms with Crippen molar-refractivity contribution in [1.29, 1.82) is 0 Å². The number of hydrogen-bond donors (Lipinski definition) is 0. The molecule has 3 nitrogen and oxygen atoms in total. The molecule has 4 heteroatoms. The highest BCUT2D eigenvalue weighted by Crippen LogP contribution is 2.23. The van der Waals surface area contributed by atoms with Gasteiger partial charge in [0.1, 0.15) is 5.75 Å². The van der Waals surface area contributed by atoms with Crippen LogP contribution in [-0.2, 0) is 6.04 Å². The topological polar surface area (TPSA) is 29.5 Å². The lowest BCUT2D eigenvalue weighted by Gasteiger charge is -2.21. The molecule has 0 radical (unpaired) electrons.